The maximum Gasteiger partial charge on any atom is 0.157 e. The third kappa shape index (κ3) is 1.36. The Morgan fingerprint density at radius 2 is 2.22 bits per heavy atom. The van der Waals surface area contributed by atoms with Gasteiger partial charge < -0.3 is 4.98 Å². The van der Waals surface area contributed by atoms with Crippen LogP contribution in [0.25, 0.3) is 0 Å². The second kappa shape index (κ2) is 2.27. The van der Waals surface area contributed by atoms with Crippen molar-refractivity contribution in [1.82, 2.24) is 4.98 Å². The van der Waals surface area contributed by atoms with Crippen LogP contribution >= 0.6 is 12.2 Å². The van der Waals surface area contributed by atoms with Crippen molar-refractivity contribution in [1.29, 1.82) is 0 Å². The molecule has 1 rings (SSSR count). The number of halogens is 1. The van der Waals surface area contributed by atoms with E-state index in [2.05, 4.69) is 17.2 Å². The van der Waals surface area contributed by atoms with E-state index in [-0.39, 0.29) is 10.5 Å². The van der Waals surface area contributed by atoms with Gasteiger partial charge in [-0.1, -0.05) is 12.2 Å². The lowest BCUT2D eigenvalue weighted by Crippen LogP contribution is -1.83. The number of hydrogen-bond donors (Lipinski definition) is 1. The molecule has 0 aliphatic rings. The summed E-state index contributed by atoms with van der Waals surface area (Å²) < 4.78 is 12.5. The van der Waals surface area contributed by atoms with Gasteiger partial charge in [0.25, 0.3) is 0 Å². The first-order chi connectivity index (χ1) is 4.20. The maximum atomic E-state index is 12.4. The third-order valence-electron chi connectivity index (χ3n) is 1.01. The molecule has 0 fully saturated rings. The molecule has 0 saturated heterocycles. The molecule has 0 saturated carbocycles. The number of nitrogens with one attached hydrogen (secondary N) is 1. The first kappa shape index (κ1) is 6.42. The highest BCUT2D eigenvalue weighted by atomic mass is 32.1. The van der Waals surface area contributed by atoms with Gasteiger partial charge in [0.1, 0.15) is 4.64 Å². The molecular formula is C6H6FNS. The van der Waals surface area contributed by atoms with Crippen LogP contribution < -0.4 is 0 Å². The second-order valence-electron chi connectivity index (χ2n) is 1.82. The Morgan fingerprint density at radius 1 is 1.56 bits per heavy atom. The Balaban J connectivity index is 3.34. The molecule has 1 aromatic rings. The van der Waals surface area contributed by atoms with E-state index in [4.69, 9.17) is 0 Å². The van der Waals surface area contributed by atoms with Crippen molar-refractivity contribution in [2.75, 3.05) is 0 Å². The maximum absolute atomic E-state index is 12.4. The molecule has 9 heavy (non-hydrogen) atoms. The molecule has 0 spiro atoms. The zero-order valence-corrected chi connectivity index (χ0v) is 5.76. The molecule has 0 unspecified atom stereocenters. The molecular weight excluding hydrogens is 137 g/mol. The Kier molecular flexibility index (Phi) is 1.62. The van der Waals surface area contributed by atoms with E-state index < -0.39 is 0 Å². The lowest BCUT2D eigenvalue weighted by atomic mass is 10.4. The summed E-state index contributed by atoms with van der Waals surface area (Å²) in [6, 6.07) is 3.00. The molecule has 1 aromatic heterocycles. The lowest BCUT2D eigenvalue weighted by Gasteiger charge is -1.90. The van der Waals surface area contributed by atoms with Gasteiger partial charge in [-0.15, -0.1) is 0 Å². The number of hydrogen-bond acceptors (Lipinski definition) is 1. The van der Waals surface area contributed by atoms with Crippen LogP contribution in [-0.2, 0) is 0 Å². The van der Waals surface area contributed by atoms with Crippen molar-refractivity contribution in [2.45, 2.75) is 6.92 Å². The number of rotatable bonds is 0. The highest BCUT2D eigenvalue weighted by Crippen LogP contribution is 1.98. The summed E-state index contributed by atoms with van der Waals surface area (Å²) >= 11 is 4.61. The van der Waals surface area contributed by atoms with Crippen LogP contribution in [0.2, 0.25) is 0 Å². The minimum Gasteiger partial charge on any atom is -0.348 e. The predicted octanol–water partition coefficient (Wildman–Crippen LogP) is 2.19. The smallest absolute Gasteiger partial charge is 0.157 e. The summed E-state index contributed by atoms with van der Waals surface area (Å²) in [7, 11) is 0. The van der Waals surface area contributed by atoms with Gasteiger partial charge in [0.2, 0.25) is 0 Å². The van der Waals surface area contributed by atoms with Crippen molar-refractivity contribution in [3.63, 3.8) is 0 Å². The molecule has 0 bridgehead atoms. The summed E-state index contributed by atoms with van der Waals surface area (Å²) in [5, 5.41) is 0. The van der Waals surface area contributed by atoms with Gasteiger partial charge in [0, 0.05) is 5.69 Å². The van der Waals surface area contributed by atoms with Crippen LogP contribution in [0.4, 0.5) is 4.39 Å². The van der Waals surface area contributed by atoms with E-state index in [9.17, 15) is 4.39 Å². The molecule has 1 N–H and O–H groups in total. The fourth-order valence-electron chi connectivity index (χ4n) is 0.554. The number of aryl methyl sites for hydroxylation is 1. The highest BCUT2D eigenvalue weighted by molar-refractivity contribution is 7.71. The SMILES string of the molecule is Cc1ccc(F)c(=S)[nH]1. The minimum absolute atomic E-state index is 0.176. The number of H-pyrrole nitrogens is 1. The summed E-state index contributed by atoms with van der Waals surface area (Å²) in [5.74, 6) is -0.365. The molecule has 1 heterocycles. The molecule has 0 aromatic carbocycles. The van der Waals surface area contributed by atoms with Gasteiger partial charge in [-0.25, -0.2) is 4.39 Å². The Labute approximate surface area is 57.5 Å². The predicted molar refractivity (Wildman–Crippen MR) is 36.3 cm³/mol. The quantitative estimate of drug-likeness (QED) is 0.550. The minimum atomic E-state index is -0.365. The fourth-order valence-corrected chi connectivity index (χ4v) is 0.783. The van der Waals surface area contributed by atoms with E-state index in [0.717, 1.165) is 5.69 Å². The van der Waals surface area contributed by atoms with Gasteiger partial charge in [0.05, 0.1) is 0 Å². The molecule has 1 nitrogen and oxygen atoms in total. The standard InChI is InChI=1S/C6H6FNS/c1-4-2-3-5(7)6(9)8-4/h2-3H,1H3,(H,8,9). The Hall–Kier alpha value is -0.700. The zero-order chi connectivity index (χ0) is 6.85. The average molecular weight is 143 g/mol. The fraction of sp³-hybridized carbons (Fsp3) is 0.167. The van der Waals surface area contributed by atoms with Gasteiger partial charge >= 0.3 is 0 Å². The third-order valence-corrected chi connectivity index (χ3v) is 1.30. The second-order valence-corrected chi connectivity index (χ2v) is 2.23. The van der Waals surface area contributed by atoms with Gasteiger partial charge in [-0.05, 0) is 19.1 Å². The molecule has 0 amide bonds. The van der Waals surface area contributed by atoms with E-state index in [1.165, 1.54) is 6.07 Å². The largest absolute Gasteiger partial charge is 0.348 e. The summed E-state index contributed by atoms with van der Waals surface area (Å²) in [5.41, 5.74) is 0.876. The van der Waals surface area contributed by atoms with E-state index in [0.29, 0.717) is 0 Å². The van der Waals surface area contributed by atoms with Crippen LogP contribution in [0, 0.1) is 17.4 Å². The van der Waals surface area contributed by atoms with Gasteiger partial charge in [0.15, 0.2) is 5.82 Å². The van der Waals surface area contributed by atoms with Gasteiger partial charge in [-0.2, -0.15) is 0 Å². The topological polar surface area (TPSA) is 15.8 Å². The summed E-state index contributed by atoms with van der Waals surface area (Å²) in [6.45, 7) is 1.83. The van der Waals surface area contributed by atoms with Crippen molar-refractivity contribution in [3.8, 4) is 0 Å². The summed E-state index contributed by atoms with van der Waals surface area (Å²) in [4.78, 5) is 2.68. The lowest BCUT2D eigenvalue weighted by molar-refractivity contribution is 0.615. The monoisotopic (exact) mass is 143 g/mol. The Morgan fingerprint density at radius 3 is 2.67 bits per heavy atom. The molecule has 3 heteroatoms. The zero-order valence-electron chi connectivity index (χ0n) is 4.94. The average Bonchev–Trinajstić information content (AvgIpc) is 1.80. The van der Waals surface area contributed by atoms with E-state index in [1.54, 1.807) is 6.07 Å². The van der Waals surface area contributed by atoms with Crippen molar-refractivity contribution < 1.29 is 4.39 Å². The van der Waals surface area contributed by atoms with Crippen LogP contribution in [0.15, 0.2) is 12.1 Å². The van der Waals surface area contributed by atoms with Crippen LogP contribution in [-0.4, -0.2) is 4.98 Å². The molecule has 0 aliphatic heterocycles. The molecule has 0 aliphatic carbocycles. The summed E-state index contributed by atoms with van der Waals surface area (Å²) in [6.07, 6.45) is 0. The van der Waals surface area contributed by atoms with E-state index >= 15 is 0 Å². The Bertz CT molecular complexity index is 266. The van der Waals surface area contributed by atoms with Crippen LogP contribution in [0.5, 0.6) is 0 Å². The molecule has 0 radical (unpaired) electrons. The number of pyridine rings is 1. The van der Waals surface area contributed by atoms with Crippen molar-refractivity contribution in [3.05, 3.63) is 28.3 Å². The van der Waals surface area contributed by atoms with Crippen molar-refractivity contribution in [2.24, 2.45) is 0 Å². The molecule has 0 atom stereocenters. The first-order valence-electron chi connectivity index (χ1n) is 2.55. The number of aromatic nitrogens is 1. The number of aromatic amines is 1. The van der Waals surface area contributed by atoms with Crippen LogP contribution in [0.3, 0.4) is 0 Å². The van der Waals surface area contributed by atoms with Crippen LogP contribution in [0.1, 0.15) is 5.69 Å². The molecule has 48 valence electrons. The van der Waals surface area contributed by atoms with E-state index in [1.807, 2.05) is 6.92 Å². The first-order valence-corrected chi connectivity index (χ1v) is 2.96. The van der Waals surface area contributed by atoms with Gasteiger partial charge in [-0.3, -0.25) is 0 Å². The van der Waals surface area contributed by atoms with Crippen molar-refractivity contribution >= 4 is 12.2 Å². The highest BCUT2D eigenvalue weighted by Gasteiger charge is 1.89. The normalized spacial score (nSPS) is 9.56.